The number of nitrogens with one attached hydrogen (secondary N) is 2. The maximum Gasteiger partial charge on any atom is 0.269 e. The highest BCUT2D eigenvalue weighted by molar-refractivity contribution is 5.94. The van der Waals surface area contributed by atoms with Crippen LogP contribution in [-0.4, -0.2) is 32.8 Å². The molecule has 0 unspecified atom stereocenters. The number of carbonyl (C=O) groups is 2. The van der Waals surface area contributed by atoms with Gasteiger partial charge in [-0.05, 0) is 24.3 Å². The zero-order valence-corrected chi connectivity index (χ0v) is 15.2. The van der Waals surface area contributed by atoms with Crippen molar-refractivity contribution in [3.63, 3.8) is 0 Å². The lowest BCUT2D eigenvalue weighted by atomic mass is 10.2. The second-order valence-electron chi connectivity index (χ2n) is 6.16. The van der Waals surface area contributed by atoms with Crippen molar-refractivity contribution in [3.05, 3.63) is 70.0 Å². The van der Waals surface area contributed by atoms with Crippen LogP contribution in [0.2, 0.25) is 0 Å². The summed E-state index contributed by atoms with van der Waals surface area (Å²) >= 11 is 0. The van der Waals surface area contributed by atoms with Crippen LogP contribution in [0.3, 0.4) is 0 Å². The number of hydrogen-bond acceptors (Lipinski definition) is 5. The number of amides is 2. The second-order valence-corrected chi connectivity index (χ2v) is 6.16. The second kappa shape index (κ2) is 8.30. The summed E-state index contributed by atoms with van der Waals surface area (Å²) in [5.74, 6) is 0.138. The highest BCUT2D eigenvalue weighted by atomic mass is 16.6. The largest absolute Gasteiger partial charge is 0.352 e. The first-order valence-electron chi connectivity index (χ1n) is 8.65. The van der Waals surface area contributed by atoms with Gasteiger partial charge in [0.1, 0.15) is 5.82 Å². The minimum absolute atomic E-state index is 0.0853. The Morgan fingerprint density at radius 1 is 1.11 bits per heavy atom. The molecule has 0 saturated carbocycles. The summed E-state index contributed by atoms with van der Waals surface area (Å²) in [5.41, 5.74) is 2.07. The van der Waals surface area contributed by atoms with Crippen LogP contribution in [0.4, 0.5) is 5.69 Å². The smallest absolute Gasteiger partial charge is 0.269 e. The van der Waals surface area contributed by atoms with Crippen LogP contribution in [0.5, 0.6) is 0 Å². The van der Waals surface area contributed by atoms with Gasteiger partial charge >= 0.3 is 0 Å². The monoisotopic (exact) mass is 381 g/mol. The van der Waals surface area contributed by atoms with Gasteiger partial charge in [-0.2, -0.15) is 0 Å². The van der Waals surface area contributed by atoms with Gasteiger partial charge in [-0.1, -0.05) is 12.1 Å². The lowest BCUT2D eigenvalue weighted by Crippen LogP contribution is -2.31. The summed E-state index contributed by atoms with van der Waals surface area (Å²) in [6.45, 7) is 0.449. The molecule has 0 fully saturated rings. The van der Waals surface area contributed by atoms with Gasteiger partial charge in [-0.15, -0.1) is 0 Å². The van der Waals surface area contributed by atoms with Crippen molar-refractivity contribution in [1.82, 2.24) is 20.2 Å². The molecule has 2 aromatic carbocycles. The number of aryl methyl sites for hydroxylation is 1. The fourth-order valence-corrected chi connectivity index (χ4v) is 2.75. The quantitative estimate of drug-likeness (QED) is 0.479. The molecule has 28 heavy (non-hydrogen) atoms. The molecule has 9 nitrogen and oxygen atoms in total. The zero-order chi connectivity index (χ0) is 20.1. The fourth-order valence-electron chi connectivity index (χ4n) is 2.75. The average molecular weight is 381 g/mol. The number of benzene rings is 2. The molecule has 0 aliphatic heterocycles. The van der Waals surface area contributed by atoms with E-state index in [4.69, 9.17) is 0 Å². The van der Waals surface area contributed by atoms with E-state index in [1.165, 1.54) is 24.3 Å². The third-order valence-electron chi connectivity index (χ3n) is 4.30. The minimum atomic E-state index is -0.531. The number of non-ortho nitro benzene ring substituents is 1. The molecule has 144 valence electrons. The summed E-state index contributed by atoms with van der Waals surface area (Å²) < 4.78 is 1.92. The molecule has 3 rings (SSSR count). The Balaban J connectivity index is 1.45. The number of aromatic nitrogens is 2. The van der Waals surface area contributed by atoms with Gasteiger partial charge in [-0.25, -0.2) is 4.98 Å². The van der Waals surface area contributed by atoms with E-state index in [1.54, 1.807) is 0 Å². The van der Waals surface area contributed by atoms with E-state index in [2.05, 4.69) is 15.6 Å². The number of nitro groups is 1. The average Bonchev–Trinajstić information content (AvgIpc) is 3.02. The number of carbonyl (C=O) groups excluding carboxylic acids is 2. The maximum atomic E-state index is 12.0. The number of fused-ring (bicyclic) bond motifs is 1. The van der Waals surface area contributed by atoms with E-state index in [0.717, 1.165) is 16.9 Å². The number of rotatable bonds is 7. The molecule has 1 aromatic heterocycles. The lowest BCUT2D eigenvalue weighted by Gasteiger charge is -2.07. The van der Waals surface area contributed by atoms with Crippen molar-refractivity contribution in [2.75, 3.05) is 6.54 Å². The van der Waals surface area contributed by atoms with E-state index in [1.807, 2.05) is 35.9 Å². The van der Waals surface area contributed by atoms with Gasteiger partial charge in [-0.3, -0.25) is 19.7 Å². The Hall–Kier alpha value is -3.75. The Labute approximate surface area is 160 Å². The van der Waals surface area contributed by atoms with Crippen LogP contribution >= 0.6 is 0 Å². The first-order valence-corrected chi connectivity index (χ1v) is 8.65. The number of nitrogens with zero attached hydrogens (tertiary/aromatic N) is 3. The Bertz CT molecular complexity index is 1030. The highest BCUT2D eigenvalue weighted by Gasteiger charge is 2.11. The van der Waals surface area contributed by atoms with E-state index >= 15 is 0 Å². The molecular weight excluding hydrogens is 362 g/mol. The van der Waals surface area contributed by atoms with Crippen LogP contribution in [0, 0.1) is 10.1 Å². The molecule has 3 aromatic rings. The molecule has 0 atom stereocenters. The van der Waals surface area contributed by atoms with Crippen molar-refractivity contribution in [2.45, 2.75) is 13.0 Å². The lowest BCUT2D eigenvalue weighted by molar-refractivity contribution is -0.384. The molecule has 1 heterocycles. The van der Waals surface area contributed by atoms with Crippen molar-refractivity contribution >= 4 is 28.5 Å². The molecule has 2 amide bonds. The molecule has 9 heteroatoms. The van der Waals surface area contributed by atoms with Gasteiger partial charge in [0.2, 0.25) is 5.91 Å². The van der Waals surface area contributed by atoms with Crippen LogP contribution in [-0.2, 0) is 18.4 Å². The van der Waals surface area contributed by atoms with Gasteiger partial charge < -0.3 is 15.2 Å². The van der Waals surface area contributed by atoms with Crippen LogP contribution in [0.1, 0.15) is 22.6 Å². The first kappa shape index (κ1) is 19.0. The fraction of sp³-hybridized carbons (Fsp3) is 0.211. The molecule has 0 aliphatic rings. The van der Waals surface area contributed by atoms with E-state index in [0.29, 0.717) is 12.1 Å². The molecule has 0 aliphatic carbocycles. The van der Waals surface area contributed by atoms with Gasteiger partial charge in [0, 0.05) is 37.7 Å². The van der Waals surface area contributed by atoms with Crippen LogP contribution in [0.15, 0.2) is 48.5 Å². The Morgan fingerprint density at radius 3 is 2.50 bits per heavy atom. The van der Waals surface area contributed by atoms with Crippen molar-refractivity contribution in [3.8, 4) is 0 Å². The summed E-state index contributed by atoms with van der Waals surface area (Å²) in [7, 11) is 1.89. The summed E-state index contributed by atoms with van der Waals surface area (Å²) in [5, 5.41) is 16.0. The summed E-state index contributed by atoms with van der Waals surface area (Å²) in [6, 6.07) is 13.0. The maximum absolute atomic E-state index is 12.0. The van der Waals surface area contributed by atoms with Gasteiger partial charge in [0.15, 0.2) is 0 Å². The minimum Gasteiger partial charge on any atom is -0.352 e. The molecule has 0 radical (unpaired) electrons. The van der Waals surface area contributed by atoms with E-state index in [9.17, 15) is 19.7 Å². The Kier molecular flexibility index (Phi) is 5.64. The molecule has 0 saturated heterocycles. The number of nitro benzene ring substituents is 1. The van der Waals surface area contributed by atoms with Crippen molar-refractivity contribution < 1.29 is 14.5 Å². The zero-order valence-electron chi connectivity index (χ0n) is 15.2. The number of hydrogen-bond donors (Lipinski definition) is 2. The summed E-state index contributed by atoms with van der Waals surface area (Å²) in [4.78, 5) is 38.6. The SMILES string of the molecule is Cn1c(CNC(=O)CCNC(=O)c2ccc([N+](=O)[O-])cc2)nc2ccccc21. The van der Waals surface area contributed by atoms with Crippen LogP contribution < -0.4 is 10.6 Å². The third kappa shape index (κ3) is 4.32. The topological polar surface area (TPSA) is 119 Å². The first-order chi connectivity index (χ1) is 13.5. The van der Waals surface area contributed by atoms with Gasteiger partial charge in [0.05, 0.1) is 22.5 Å². The summed E-state index contributed by atoms with van der Waals surface area (Å²) in [6.07, 6.45) is 0.114. The number of imidazole rings is 1. The number of para-hydroxylation sites is 2. The molecular formula is C19H19N5O4. The highest BCUT2D eigenvalue weighted by Crippen LogP contribution is 2.14. The van der Waals surface area contributed by atoms with Crippen molar-refractivity contribution in [2.24, 2.45) is 7.05 Å². The molecule has 2 N–H and O–H groups in total. The standard InChI is InChI=1S/C19H19N5O4/c1-23-16-5-3-2-4-15(16)22-17(23)12-21-18(25)10-11-20-19(26)13-6-8-14(9-7-13)24(27)28/h2-9H,10-12H2,1H3,(H,20,26)(H,21,25). The third-order valence-corrected chi connectivity index (χ3v) is 4.30. The van der Waals surface area contributed by atoms with E-state index < -0.39 is 10.8 Å². The van der Waals surface area contributed by atoms with Gasteiger partial charge in [0.25, 0.3) is 11.6 Å². The predicted molar refractivity (Wildman–Crippen MR) is 103 cm³/mol. The molecule has 0 spiro atoms. The van der Waals surface area contributed by atoms with E-state index in [-0.39, 0.29) is 24.6 Å². The Morgan fingerprint density at radius 2 is 1.82 bits per heavy atom. The van der Waals surface area contributed by atoms with Crippen molar-refractivity contribution in [1.29, 1.82) is 0 Å². The van der Waals surface area contributed by atoms with Crippen LogP contribution in [0.25, 0.3) is 11.0 Å². The normalized spacial score (nSPS) is 10.6. The molecule has 0 bridgehead atoms. The predicted octanol–water partition coefficient (Wildman–Crippen LogP) is 1.92.